The smallest absolute Gasteiger partial charge is 0.265 e. The second-order valence-electron chi connectivity index (χ2n) is 6.28. The quantitative estimate of drug-likeness (QED) is 0.639. The molecule has 0 saturated carbocycles. The highest BCUT2D eigenvalue weighted by molar-refractivity contribution is 6.31. The zero-order chi connectivity index (χ0) is 18.8. The maximum Gasteiger partial charge on any atom is 0.265 e. The molecule has 2 N–H and O–H groups in total. The normalized spacial score (nSPS) is 16.9. The lowest BCUT2D eigenvalue weighted by Crippen LogP contribution is -2.48. The molecule has 3 rings (SSSR count). The molecule has 0 unspecified atom stereocenters. The number of aryl methyl sites for hydroxylation is 2. The summed E-state index contributed by atoms with van der Waals surface area (Å²) in [5.41, 5.74) is 7.95. The molecule has 1 atom stereocenters. The van der Waals surface area contributed by atoms with Crippen molar-refractivity contribution in [3.05, 3.63) is 64.2 Å². The van der Waals surface area contributed by atoms with Crippen LogP contribution in [0.15, 0.2) is 42.5 Å². The van der Waals surface area contributed by atoms with E-state index in [1.54, 1.807) is 30.3 Å². The van der Waals surface area contributed by atoms with E-state index in [-0.39, 0.29) is 12.3 Å². The van der Waals surface area contributed by atoms with Crippen LogP contribution in [0, 0.1) is 13.8 Å². The van der Waals surface area contributed by atoms with Crippen molar-refractivity contribution in [3.63, 3.8) is 0 Å². The Morgan fingerprint density at radius 2 is 1.81 bits per heavy atom. The molecule has 1 aliphatic heterocycles. The third kappa shape index (κ3) is 3.76. The fraction of sp³-hybridized carbons (Fsp3) is 0.211. The lowest BCUT2D eigenvalue weighted by Gasteiger charge is -2.17. The summed E-state index contributed by atoms with van der Waals surface area (Å²) in [4.78, 5) is 38.2. The average molecular weight is 372 g/mol. The molecule has 7 heteroatoms. The molecular formula is C19H18ClN3O3. The van der Waals surface area contributed by atoms with E-state index in [0.717, 1.165) is 16.0 Å². The van der Waals surface area contributed by atoms with E-state index in [1.807, 2.05) is 19.9 Å². The number of imide groups is 1. The summed E-state index contributed by atoms with van der Waals surface area (Å²) < 4.78 is 0. The zero-order valence-corrected chi connectivity index (χ0v) is 15.1. The van der Waals surface area contributed by atoms with E-state index in [0.29, 0.717) is 16.3 Å². The molecule has 0 aromatic heterocycles. The largest absolute Gasteiger partial charge is 0.287 e. The van der Waals surface area contributed by atoms with Crippen molar-refractivity contribution in [1.29, 1.82) is 0 Å². The van der Waals surface area contributed by atoms with Gasteiger partial charge in [0.25, 0.3) is 11.8 Å². The molecule has 1 aliphatic rings. The van der Waals surface area contributed by atoms with Gasteiger partial charge in [-0.15, -0.1) is 0 Å². The Labute approximate surface area is 156 Å². The van der Waals surface area contributed by atoms with Gasteiger partial charge in [-0.1, -0.05) is 23.7 Å². The first kappa shape index (κ1) is 18.1. The maximum atomic E-state index is 12.6. The van der Waals surface area contributed by atoms with E-state index in [2.05, 4.69) is 10.9 Å². The van der Waals surface area contributed by atoms with Gasteiger partial charge in [-0.3, -0.25) is 19.8 Å². The van der Waals surface area contributed by atoms with Crippen LogP contribution in [0.25, 0.3) is 0 Å². The van der Waals surface area contributed by atoms with Crippen LogP contribution in [0.2, 0.25) is 5.02 Å². The van der Waals surface area contributed by atoms with Crippen LogP contribution in [-0.4, -0.2) is 23.8 Å². The van der Waals surface area contributed by atoms with Gasteiger partial charge in [0.2, 0.25) is 5.91 Å². The summed E-state index contributed by atoms with van der Waals surface area (Å²) in [6.07, 6.45) is -0.0261. The van der Waals surface area contributed by atoms with Gasteiger partial charge in [-0.05, 0) is 55.3 Å². The summed E-state index contributed by atoms with van der Waals surface area (Å²) in [5, 5.41) is 0.436. The highest BCUT2D eigenvalue weighted by Crippen LogP contribution is 2.25. The number of carbonyl (C=O) groups is 3. The highest BCUT2D eigenvalue weighted by Gasteiger charge is 2.39. The van der Waals surface area contributed by atoms with Crippen molar-refractivity contribution in [2.24, 2.45) is 0 Å². The molecular weight excluding hydrogens is 354 g/mol. The Hall–Kier alpha value is -2.70. The monoisotopic (exact) mass is 371 g/mol. The number of nitrogens with zero attached hydrogens (tertiary/aromatic N) is 1. The van der Waals surface area contributed by atoms with Gasteiger partial charge < -0.3 is 0 Å². The predicted octanol–water partition coefficient (Wildman–Crippen LogP) is 2.52. The number of amides is 3. The molecule has 0 bridgehead atoms. The van der Waals surface area contributed by atoms with Crippen LogP contribution in [0.5, 0.6) is 0 Å². The summed E-state index contributed by atoms with van der Waals surface area (Å²) in [5.74, 6) is -1.14. The molecule has 2 aromatic carbocycles. The minimum absolute atomic E-state index is 0.0261. The number of hydrogen-bond donors (Lipinski definition) is 2. The second-order valence-corrected chi connectivity index (χ2v) is 6.72. The SMILES string of the molecule is Cc1cc(C)cc(N2C(=O)C[C@@H](NNC(=O)c3cccc(Cl)c3)C2=O)c1. The number of carbonyl (C=O) groups excluding carboxylic acids is 3. The Kier molecular flexibility index (Phi) is 5.06. The van der Waals surface area contributed by atoms with Gasteiger partial charge in [0, 0.05) is 10.6 Å². The Bertz CT molecular complexity index is 877. The van der Waals surface area contributed by atoms with Crippen molar-refractivity contribution in [3.8, 4) is 0 Å². The number of halogens is 1. The Balaban J connectivity index is 1.70. The van der Waals surface area contributed by atoms with Crippen molar-refractivity contribution in [1.82, 2.24) is 10.9 Å². The third-order valence-corrected chi connectivity index (χ3v) is 4.29. The van der Waals surface area contributed by atoms with Crippen LogP contribution in [-0.2, 0) is 9.59 Å². The van der Waals surface area contributed by atoms with Gasteiger partial charge in [-0.2, -0.15) is 0 Å². The topological polar surface area (TPSA) is 78.5 Å². The van der Waals surface area contributed by atoms with E-state index in [9.17, 15) is 14.4 Å². The summed E-state index contributed by atoms with van der Waals surface area (Å²) >= 11 is 5.87. The molecule has 0 aliphatic carbocycles. The summed E-state index contributed by atoms with van der Waals surface area (Å²) in [6.45, 7) is 3.81. The van der Waals surface area contributed by atoms with Crippen LogP contribution in [0.1, 0.15) is 27.9 Å². The van der Waals surface area contributed by atoms with E-state index in [1.165, 1.54) is 6.07 Å². The van der Waals surface area contributed by atoms with Gasteiger partial charge in [0.15, 0.2) is 0 Å². The third-order valence-electron chi connectivity index (χ3n) is 4.06. The van der Waals surface area contributed by atoms with E-state index in [4.69, 9.17) is 11.6 Å². The Morgan fingerprint density at radius 1 is 1.12 bits per heavy atom. The van der Waals surface area contributed by atoms with Crippen LogP contribution < -0.4 is 15.8 Å². The fourth-order valence-electron chi connectivity index (χ4n) is 2.95. The minimum atomic E-state index is -0.813. The molecule has 134 valence electrons. The second kappa shape index (κ2) is 7.27. The van der Waals surface area contributed by atoms with Crippen LogP contribution in [0.4, 0.5) is 5.69 Å². The molecule has 1 fully saturated rings. The van der Waals surface area contributed by atoms with E-state index >= 15 is 0 Å². The number of hydrazine groups is 1. The first-order valence-electron chi connectivity index (χ1n) is 8.11. The molecule has 0 radical (unpaired) electrons. The first-order chi connectivity index (χ1) is 12.3. The lowest BCUT2D eigenvalue weighted by atomic mass is 10.1. The Morgan fingerprint density at radius 3 is 2.46 bits per heavy atom. The summed E-state index contributed by atoms with van der Waals surface area (Å²) in [7, 11) is 0. The first-order valence-corrected chi connectivity index (χ1v) is 8.49. The van der Waals surface area contributed by atoms with Crippen molar-refractivity contribution >= 4 is 35.0 Å². The standard InChI is InChI=1S/C19H18ClN3O3/c1-11-6-12(2)8-15(7-11)23-17(24)10-16(19(23)26)21-22-18(25)13-4-3-5-14(20)9-13/h3-9,16,21H,10H2,1-2H3,(H,22,25)/t16-/m1/s1. The van der Waals surface area contributed by atoms with Crippen LogP contribution in [0.3, 0.4) is 0 Å². The number of rotatable bonds is 4. The predicted molar refractivity (Wildman–Crippen MR) is 98.9 cm³/mol. The average Bonchev–Trinajstić information content (AvgIpc) is 2.85. The number of benzene rings is 2. The number of anilines is 1. The molecule has 2 aromatic rings. The molecule has 1 saturated heterocycles. The zero-order valence-electron chi connectivity index (χ0n) is 14.4. The molecule has 1 heterocycles. The minimum Gasteiger partial charge on any atom is -0.287 e. The van der Waals surface area contributed by atoms with E-state index < -0.39 is 17.9 Å². The van der Waals surface area contributed by atoms with Gasteiger partial charge in [-0.25, -0.2) is 10.3 Å². The van der Waals surface area contributed by atoms with Gasteiger partial charge in [0.1, 0.15) is 6.04 Å². The number of hydrogen-bond acceptors (Lipinski definition) is 4. The molecule has 0 spiro atoms. The van der Waals surface area contributed by atoms with Gasteiger partial charge in [0.05, 0.1) is 12.1 Å². The molecule has 26 heavy (non-hydrogen) atoms. The van der Waals surface area contributed by atoms with Crippen molar-refractivity contribution in [2.45, 2.75) is 26.3 Å². The summed E-state index contributed by atoms with van der Waals surface area (Å²) in [6, 6.07) is 11.2. The maximum absolute atomic E-state index is 12.6. The lowest BCUT2D eigenvalue weighted by molar-refractivity contribution is -0.121. The number of nitrogens with one attached hydrogen (secondary N) is 2. The van der Waals surface area contributed by atoms with Gasteiger partial charge >= 0.3 is 0 Å². The van der Waals surface area contributed by atoms with Crippen molar-refractivity contribution < 1.29 is 14.4 Å². The highest BCUT2D eigenvalue weighted by atomic mass is 35.5. The van der Waals surface area contributed by atoms with Crippen molar-refractivity contribution in [2.75, 3.05) is 4.90 Å². The van der Waals surface area contributed by atoms with Crippen LogP contribution >= 0.6 is 11.6 Å². The fourth-order valence-corrected chi connectivity index (χ4v) is 3.14. The molecule has 6 nitrogen and oxygen atoms in total. The molecule has 3 amide bonds.